The van der Waals surface area contributed by atoms with Crippen LogP contribution < -0.4 is 5.32 Å². The molecule has 0 spiro atoms. The molecule has 0 unspecified atom stereocenters. The third-order valence-electron chi connectivity index (χ3n) is 3.69. The predicted octanol–water partition coefficient (Wildman–Crippen LogP) is 2.74. The lowest BCUT2D eigenvalue weighted by molar-refractivity contribution is 0.594. The summed E-state index contributed by atoms with van der Waals surface area (Å²) < 4.78 is 2.23. The minimum absolute atomic E-state index is 0.870. The molecule has 1 aromatic carbocycles. The van der Waals surface area contributed by atoms with E-state index in [1.165, 1.54) is 24.0 Å². The molecular formula is C16H21N3. The molecule has 3 nitrogen and oxygen atoms in total. The Balaban J connectivity index is 1.60. The van der Waals surface area contributed by atoms with Gasteiger partial charge in [-0.2, -0.15) is 0 Å². The van der Waals surface area contributed by atoms with Gasteiger partial charge in [-0.1, -0.05) is 29.8 Å². The average molecular weight is 255 g/mol. The van der Waals surface area contributed by atoms with Crippen LogP contribution in [0.2, 0.25) is 0 Å². The second kappa shape index (κ2) is 5.57. The van der Waals surface area contributed by atoms with Crippen molar-refractivity contribution in [3.63, 3.8) is 0 Å². The SMILES string of the molecule is Cc1ccc(Cn2ccnc2CNCC2CC2)cc1. The Bertz CT molecular complexity index is 523. The molecule has 1 saturated carbocycles. The van der Waals surface area contributed by atoms with Crippen LogP contribution in [0.15, 0.2) is 36.7 Å². The summed E-state index contributed by atoms with van der Waals surface area (Å²) >= 11 is 0. The normalized spacial score (nSPS) is 14.8. The topological polar surface area (TPSA) is 29.9 Å². The maximum Gasteiger partial charge on any atom is 0.122 e. The second-order valence-electron chi connectivity index (χ2n) is 5.53. The van der Waals surface area contributed by atoms with E-state index < -0.39 is 0 Å². The van der Waals surface area contributed by atoms with Gasteiger partial charge in [0.2, 0.25) is 0 Å². The summed E-state index contributed by atoms with van der Waals surface area (Å²) in [7, 11) is 0. The molecule has 1 fully saturated rings. The fourth-order valence-corrected chi connectivity index (χ4v) is 2.25. The van der Waals surface area contributed by atoms with Crippen molar-refractivity contribution < 1.29 is 0 Å². The van der Waals surface area contributed by atoms with Crippen LogP contribution in [-0.4, -0.2) is 16.1 Å². The van der Waals surface area contributed by atoms with Crippen molar-refractivity contribution in [2.75, 3.05) is 6.54 Å². The van der Waals surface area contributed by atoms with Crippen LogP contribution in [0.1, 0.15) is 29.8 Å². The van der Waals surface area contributed by atoms with Crippen LogP contribution >= 0.6 is 0 Å². The molecule has 0 saturated heterocycles. The first-order valence-electron chi connectivity index (χ1n) is 7.07. The van der Waals surface area contributed by atoms with Crippen molar-refractivity contribution in [1.82, 2.24) is 14.9 Å². The van der Waals surface area contributed by atoms with E-state index in [0.29, 0.717) is 0 Å². The molecule has 1 aliphatic rings. The van der Waals surface area contributed by atoms with Crippen molar-refractivity contribution in [3.8, 4) is 0 Å². The smallest absolute Gasteiger partial charge is 0.122 e. The van der Waals surface area contributed by atoms with Crippen molar-refractivity contribution in [3.05, 3.63) is 53.6 Å². The first kappa shape index (κ1) is 12.4. The molecule has 19 heavy (non-hydrogen) atoms. The summed E-state index contributed by atoms with van der Waals surface area (Å²) in [5.41, 5.74) is 2.63. The zero-order valence-corrected chi connectivity index (χ0v) is 11.5. The van der Waals surface area contributed by atoms with Gasteiger partial charge < -0.3 is 9.88 Å². The van der Waals surface area contributed by atoms with Gasteiger partial charge in [0.25, 0.3) is 0 Å². The second-order valence-corrected chi connectivity index (χ2v) is 5.53. The van der Waals surface area contributed by atoms with Crippen LogP contribution in [0, 0.1) is 12.8 Å². The molecule has 0 amide bonds. The average Bonchev–Trinajstić information content (AvgIpc) is 3.13. The van der Waals surface area contributed by atoms with E-state index >= 15 is 0 Å². The summed E-state index contributed by atoms with van der Waals surface area (Å²) in [4.78, 5) is 4.45. The van der Waals surface area contributed by atoms with Gasteiger partial charge in [-0.15, -0.1) is 0 Å². The van der Waals surface area contributed by atoms with Crippen LogP contribution in [-0.2, 0) is 13.1 Å². The lowest BCUT2D eigenvalue weighted by Crippen LogP contribution is -2.19. The number of nitrogens with zero attached hydrogens (tertiary/aromatic N) is 2. The third kappa shape index (κ3) is 3.44. The third-order valence-corrected chi connectivity index (χ3v) is 3.69. The minimum Gasteiger partial charge on any atom is -0.329 e. The van der Waals surface area contributed by atoms with Gasteiger partial charge in [-0.25, -0.2) is 4.98 Å². The fourth-order valence-electron chi connectivity index (χ4n) is 2.25. The minimum atomic E-state index is 0.870. The van der Waals surface area contributed by atoms with E-state index in [9.17, 15) is 0 Å². The molecule has 3 rings (SSSR count). The molecule has 0 bridgehead atoms. The molecule has 0 atom stereocenters. The Labute approximate surface area is 114 Å². The number of hydrogen-bond acceptors (Lipinski definition) is 2. The highest BCUT2D eigenvalue weighted by Gasteiger charge is 2.20. The Kier molecular flexibility index (Phi) is 3.65. The summed E-state index contributed by atoms with van der Waals surface area (Å²) in [6.45, 7) is 5.03. The van der Waals surface area contributed by atoms with E-state index in [2.05, 4.69) is 52.3 Å². The van der Waals surface area contributed by atoms with E-state index in [-0.39, 0.29) is 0 Å². The first-order valence-corrected chi connectivity index (χ1v) is 7.07. The van der Waals surface area contributed by atoms with Crippen molar-refractivity contribution >= 4 is 0 Å². The highest BCUT2D eigenvalue weighted by Crippen LogP contribution is 2.27. The Hall–Kier alpha value is -1.61. The zero-order valence-electron chi connectivity index (χ0n) is 11.5. The maximum atomic E-state index is 4.45. The molecule has 0 aliphatic heterocycles. The van der Waals surface area contributed by atoms with Gasteiger partial charge in [0.15, 0.2) is 0 Å². The molecule has 100 valence electrons. The fraction of sp³-hybridized carbons (Fsp3) is 0.438. The molecule has 1 N–H and O–H groups in total. The van der Waals surface area contributed by atoms with Gasteiger partial charge in [0.1, 0.15) is 5.82 Å². The predicted molar refractivity (Wildman–Crippen MR) is 76.9 cm³/mol. The van der Waals surface area contributed by atoms with Gasteiger partial charge in [-0.3, -0.25) is 0 Å². The molecule has 1 aliphatic carbocycles. The molecule has 3 heteroatoms. The van der Waals surface area contributed by atoms with Crippen LogP contribution in [0.5, 0.6) is 0 Å². The number of benzene rings is 1. The van der Waals surface area contributed by atoms with E-state index in [4.69, 9.17) is 0 Å². The first-order chi connectivity index (χ1) is 9.31. The number of rotatable bonds is 6. The van der Waals surface area contributed by atoms with Crippen molar-refractivity contribution in [2.45, 2.75) is 32.9 Å². The summed E-state index contributed by atoms with van der Waals surface area (Å²) in [6.07, 6.45) is 6.74. The standard InChI is InChI=1S/C16H21N3/c1-13-2-4-15(5-3-13)12-19-9-8-18-16(19)11-17-10-14-6-7-14/h2-5,8-9,14,17H,6-7,10-12H2,1H3. The van der Waals surface area contributed by atoms with Gasteiger partial charge in [0, 0.05) is 18.9 Å². The van der Waals surface area contributed by atoms with E-state index in [0.717, 1.165) is 31.4 Å². The summed E-state index contributed by atoms with van der Waals surface area (Å²) in [6, 6.07) is 8.71. The molecule has 1 aromatic heterocycles. The van der Waals surface area contributed by atoms with Crippen molar-refractivity contribution in [1.29, 1.82) is 0 Å². The monoisotopic (exact) mass is 255 g/mol. The van der Waals surface area contributed by atoms with Gasteiger partial charge in [-0.05, 0) is 37.8 Å². The number of aromatic nitrogens is 2. The number of aryl methyl sites for hydroxylation is 1. The molecule has 2 aromatic rings. The highest BCUT2D eigenvalue weighted by atomic mass is 15.1. The highest BCUT2D eigenvalue weighted by molar-refractivity contribution is 5.21. The Morgan fingerprint density at radius 2 is 2.05 bits per heavy atom. The largest absolute Gasteiger partial charge is 0.329 e. The van der Waals surface area contributed by atoms with E-state index in [1.54, 1.807) is 0 Å². The maximum absolute atomic E-state index is 4.45. The van der Waals surface area contributed by atoms with Crippen LogP contribution in [0.25, 0.3) is 0 Å². The Morgan fingerprint density at radius 1 is 1.26 bits per heavy atom. The number of hydrogen-bond donors (Lipinski definition) is 1. The molecule has 1 heterocycles. The quantitative estimate of drug-likeness (QED) is 0.860. The summed E-state index contributed by atoms with van der Waals surface area (Å²) in [5.74, 6) is 2.04. The number of nitrogens with one attached hydrogen (secondary N) is 1. The summed E-state index contributed by atoms with van der Waals surface area (Å²) in [5, 5.41) is 3.50. The Morgan fingerprint density at radius 3 is 2.79 bits per heavy atom. The van der Waals surface area contributed by atoms with Crippen LogP contribution in [0.4, 0.5) is 0 Å². The lowest BCUT2D eigenvalue weighted by Gasteiger charge is -2.09. The van der Waals surface area contributed by atoms with Gasteiger partial charge >= 0.3 is 0 Å². The van der Waals surface area contributed by atoms with E-state index in [1.807, 2.05) is 6.20 Å². The molecular weight excluding hydrogens is 234 g/mol. The van der Waals surface area contributed by atoms with Gasteiger partial charge in [0.05, 0.1) is 6.54 Å². The van der Waals surface area contributed by atoms with Crippen LogP contribution in [0.3, 0.4) is 0 Å². The zero-order chi connectivity index (χ0) is 13.1. The van der Waals surface area contributed by atoms with Crippen molar-refractivity contribution in [2.24, 2.45) is 5.92 Å². The lowest BCUT2D eigenvalue weighted by atomic mass is 10.1. The number of imidazole rings is 1. The molecule has 0 radical (unpaired) electrons.